The predicted octanol–water partition coefficient (Wildman–Crippen LogP) is 4.51. The summed E-state index contributed by atoms with van der Waals surface area (Å²) in [5.41, 5.74) is 3.85. The number of benzene rings is 3. The number of rotatable bonds is 3. The highest BCUT2D eigenvalue weighted by atomic mass is 16.6. The lowest BCUT2D eigenvalue weighted by Gasteiger charge is -2.06. The lowest BCUT2D eigenvalue weighted by molar-refractivity contribution is -0.0769. The third-order valence-electron chi connectivity index (χ3n) is 3.91. The minimum Gasteiger partial charge on any atom is -0.508 e. The van der Waals surface area contributed by atoms with Crippen molar-refractivity contribution in [2.45, 2.75) is 26.7 Å². The first-order chi connectivity index (χ1) is 13.0. The number of hydrogen-bond acceptors (Lipinski definition) is 4. The highest BCUT2D eigenvalue weighted by Gasteiger charge is 2.01. The van der Waals surface area contributed by atoms with Crippen LogP contribution in [0.15, 0.2) is 78.9 Å². The van der Waals surface area contributed by atoms with Crippen molar-refractivity contribution in [1.29, 1.82) is 0 Å². The van der Waals surface area contributed by atoms with Gasteiger partial charge in [0.2, 0.25) is 0 Å². The second-order valence-corrected chi connectivity index (χ2v) is 5.86. The Labute approximate surface area is 161 Å². The van der Waals surface area contributed by atoms with Gasteiger partial charge in [-0.1, -0.05) is 72.8 Å². The summed E-state index contributed by atoms with van der Waals surface area (Å²) in [5, 5.41) is 26.7. The van der Waals surface area contributed by atoms with E-state index in [0.717, 1.165) is 22.3 Å². The number of ether oxygens (including phenoxy) is 1. The molecule has 0 aliphatic heterocycles. The van der Waals surface area contributed by atoms with Crippen LogP contribution in [0.5, 0.6) is 5.75 Å². The maximum Gasteiger partial charge on any atom is 0.180 e. The second-order valence-electron chi connectivity index (χ2n) is 5.86. The lowest BCUT2D eigenvalue weighted by Crippen LogP contribution is -1.97. The first kappa shape index (κ1) is 22.4. The minimum atomic E-state index is -0.791. The van der Waals surface area contributed by atoms with Crippen molar-refractivity contribution >= 4 is 0 Å². The van der Waals surface area contributed by atoms with E-state index in [2.05, 4.69) is 0 Å². The van der Waals surface area contributed by atoms with Crippen molar-refractivity contribution in [1.82, 2.24) is 0 Å². The zero-order valence-electron chi connectivity index (χ0n) is 16.0. The number of aromatic hydroxyl groups is 1. The summed E-state index contributed by atoms with van der Waals surface area (Å²) in [6, 6.07) is 24.3. The van der Waals surface area contributed by atoms with Crippen molar-refractivity contribution in [3.8, 4) is 5.75 Å². The van der Waals surface area contributed by atoms with Gasteiger partial charge in [0.1, 0.15) is 5.75 Å². The Balaban J connectivity index is 0.000000204. The summed E-state index contributed by atoms with van der Waals surface area (Å²) in [6.07, 6.45) is -0.791. The molecule has 0 amide bonds. The van der Waals surface area contributed by atoms with Gasteiger partial charge < -0.3 is 20.1 Å². The quantitative estimate of drug-likeness (QED) is 0.595. The molecule has 0 bridgehead atoms. The Morgan fingerprint density at radius 2 is 1.37 bits per heavy atom. The van der Waals surface area contributed by atoms with Crippen LogP contribution in [0.3, 0.4) is 0 Å². The third kappa shape index (κ3) is 8.51. The highest BCUT2D eigenvalue weighted by molar-refractivity contribution is 5.36. The van der Waals surface area contributed by atoms with Crippen LogP contribution < -0.4 is 0 Å². The van der Waals surface area contributed by atoms with Crippen LogP contribution in [0.25, 0.3) is 0 Å². The molecular formula is C23H28O4. The Morgan fingerprint density at radius 3 is 1.78 bits per heavy atom. The van der Waals surface area contributed by atoms with Crippen molar-refractivity contribution < 1.29 is 20.1 Å². The largest absolute Gasteiger partial charge is 0.508 e. The molecule has 0 spiro atoms. The molecule has 1 atom stereocenters. The predicted molar refractivity (Wildman–Crippen MR) is 108 cm³/mol. The summed E-state index contributed by atoms with van der Waals surface area (Å²) in [7, 11) is 1.47. The molecule has 4 heteroatoms. The first-order valence-electron chi connectivity index (χ1n) is 8.65. The van der Waals surface area contributed by atoms with Gasteiger partial charge >= 0.3 is 0 Å². The van der Waals surface area contributed by atoms with Crippen molar-refractivity contribution in [3.05, 3.63) is 101 Å². The maximum absolute atomic E-state index is 9.11. The van der Waals surface area contributed by atoms with E-state index in [9.17, 15) is 0 Å². The zero-order valence-corrected chi connectivity index (χ0v) is 16.0. The number of aryl methyl sites for hydroxylation is 1. The molecule has 0 aliphatic rings. The van der Waals surface area contributed by atoms with Crippen molar-refractivity contribution in [2.75, 3.05) is 7.11 Å². The van der Waals surface area contributed by atoms with Crippen LogP contribution in [0.4, 0.5) is 0 Å². The molecule has 3 aromatic carbocycles. The highest BCUT2D eigenvalue weighted by Crippen LogP contribution is 2.17. The summed E-state index contributed by atoms with van der Waals surface area (Å²) in [4.78, 5) is 0. The monoisotopic (exact) mass is 368 g/mol. The van der Waals surface area contributed by atoms with Gasteiger partial charge in [-0.2, -0.15) is 0 Å². The summed E-state index contributed by atoms with van der Waals surface area (Å²) in [6.45, 7) is 4.03. The SMILES string of the molecule is COC(O)c1ccccc1.Cc1cccc(O)c1C.OCc1ccccc1. The topological polar surface area (TPSA) is 69.9 Å². The van der Waals surface area contributed by atoms with E-state index in [1.54, 1.807) is 6.07 Å². The molecule has 27 heavy (non-hydrogen) atoms. The molecule has 0 aliphatic carbocycles. The molecule has 3 rings (SSSR count). The van der Waals surface area contributed by atoms with E-state index >= 15 is 0 Å². The summed E-state index contributed by atoms with van der Waals surface area (Å²) < 4.78 is 4.69. The van der Waals surface area contributed by atoms with E-state index in [4.69, 9.17) is 20.1 Å². The maximum atomic E-state index is 9.11. The van der Waals surface area contributed by atoms with Crippen molar-refractivity contribution in [2.24, 2.45) is 0 Å². The van der Waals surface area contributed by atoms with Gasteiger partial charge in [0, 0.05) is 12.7 Å². The average Bonchev–Trinajstić information content (AvgIpc) is 2.73. The van der Waals surface area contributed by atoms with Crippen LogP contribution in [-0.2, 0) is 11.3 Å². The van der Waals surface area contributed by atoms with Crippen molar-refractivity contribution in [3.63, 3.8) is 0 Å². The molecule has 1 unspecified atom stereocenters. The molecular weight excluding hydrogens is 340 g/mol. The number of aliphatic hydroxyl groups is 2. The fraction of sp³-hybridized carbons (Fsp3) is 0.217. The van der Waals surface area contributed by atoms with Crippen LogP contribution in [0.2, 0.25) is 0 Å². The third-order valence-corrected chi connectivity index (χ3v) is 3.91. The minimum absolute atomic E-state index is 0.140. The Hall–Kier alpha value is -2.66. The summed E-state index contributed by atoms with van der Waals surface area (Å²) in [5.74, 6) is 0.384. The molecule has 3 aromatic rings. The number of phenols is 1. The van der Waals surface area contributed by atoms with Gasteiger partial charge in [0.25, 0.3) is 0 Å². The molecule has 0 heterocycles. The van der Waals surface area contributed by atoms with Gasteiger partial charge in [-0.15, -0.1) is 0 Å². The van der Waals surface area contributed by atoms with E-state index in [1.165, 1.54) is 7.11 Å². The summed E-state index contributed by atoms with van der Waals surface area (Å²) >= 11 is 0. The lowest BCUT2D eigenvalue weighted by atomic mass is 10.1. The fourth-order valence-electron chi connectivity index (χ4n) is 2.07. The Kier molecular flexibility index (Phi) is 10.5. The molecule has 0 saturated carbocycles. The van der Waals surface area contributed by atoms with E-state index < -0.39 is 6.29 Å². The van der Waals surface area contributed by atoms with Crippen LogP contribution in [-0.4, -0.2) is 22.4 Å². The van der Waals surface area contributed by atoms with Gasteiger partial charge in [0.15, 0.2) is 6.29 Å². The van der Waals surface area contributed by atoms with Crippen LogP contribution in [0, 0.1) is 13.8 Å². The van der Waals surface area contributed by atoms with E-state index in [-0.39, 0.29) is 6.61 Å². The number of hydrogen-bond donors (Lipinski definition) is 3. The molecule has 144 valence electrons. The van der Waals surface area contributed by atoms with Crippen LogP contribution >= 0.6 is 0 Å². The van der Waals surface area contributed by atoms with Crippen LogP contribution in [0.1, 0.15) is 28.5 Å². The fourth-order valence-corrected chi connectivity index (χ4v) is 2.07. The van der Waals surface area contributed by atoms with Gasteiger partial charge in [-0.05, 0) is 36.6 Å². The van der Waals surface area contributed by atoms with E-state index in [0.29, 0.717) is 5.75 Å². The van der Waals surface area contributed by atoms with Gasteiger partial charge in [-0.25, -0.2) is 0 Å². The molecule has 3 N–H and O–H groups in total. The Morgan fingerprint density at radius 1 is 0.815 bits per heavy atom. The Bertz CT molecular complexity index is 738. The standard InChI is InChI=1S/C8H10O2.C8H10O.C7H8O/c1-10-8(9)7-5-3-2-4-6-7;1-6-4-3-5-8(9)7(6)2;8-6-7-4-2-1-3-5-7/h2-6,8-9H,1H3;3-5,9H,1-2H3;1-5,8H,6H2. The van der Waals surface area contributed by atoms with Gasteiger partial charge in [0.05, 0.1) is 6.61 Å². The molecule has 0 radical (unpaired) electrons. The number of phenolic OH excluding ortho intramolecular Hbond substituents is 1. The van der Waals surface area contributed by atoms with E-state index in [1.807, 2.05) is 86.6 Å². The zero-order chi connectivity index (χ0) is 20.1. The molecule has 0 saturated heterocycles. The second kappa shape index (κ2) is 12.7. The first-order valence-corrected chi connectivity index (χ1v) is 8.65. The number of methoxy groups -OCH3 is 1. The molecule has 4 nitrogen and oxygen atoms in total. The smallest absolute Gasteiger partial charge is 0.180 e. The average molecular weight is 368 g/mol. The molecule has 0 fully saturated rings. The normalized spacial score (nSPS) is 10.7. The molecule has 0 aromatic heterocycles. The number of aliphatic hydroxyl groups excluding tert-OH is 2. The van der Waals surface area contributed by atoms with Gasteiger partial charge in [-0.3, -0.25) is 0 Å².